The fraction of sp³-hybridized carbons (Fsp3) is 0.929. The number of hydrogen-bond acceptors (Lipinski definition) is 4. The zero-order chi connectivity index (χ0) is 13.5. The predicted molar refractivity (Wildman–Crippen MR) is 73.3 cm³/mol. The van der Waals surface area contributed by atoms with Crippen LogP contribution in [0.15, 0.2) is 0 Å². The van der Waals surface area contributed by atoms with Crippen molar-refractivity contribution in [3.8, 4) is 0 Å². The molecule has 1 rings (SSSR count). The maximum absolute atomic E-state index is 12.0. The molecule has 1 aliphatic carbocycles. The van der Waals surface area contributed by atoms with E-state index in [1.807, 2.05) is 6.92 Å². The Balaban J connectivity index is 2.68. The molecule has 0 radical (unpaired) electrons. The molecule has 0 spiro atoms. The summed E-state index contributed by atoms with van der Waals surface area (Å²) in [5.41, 5.74) is 5.83. The number of nitrogens with zero attached hydrogens (tertiary/aromatic N) is 1. The van der Waals surface area contributed by atoms with Gasteiger partial charge in [0.15, 0.2) is 0 Å². The second-order valence-electron chi connectivity index (χ2n) is 5.22. The molecule has 0 aromatic rings. The van der Waals surface area contributed by atoms with Crippen molar-refractivity contribution >= 4 is 5.97 Å². The SMILES string of the molecule is CCCC(C(=O)OCC)N(C)C1CCCC1CN. The maximum atomic E-state index is 12.0. The van der Waals surface area contributed by atoms with Crippen molar-refractivity contribution in [1.82, 2.24) is 4.90 Å². The largest absolute Gasteiger partial charge is 0.465 e. The van der Waals surface area contributed by atoms with Crippen LogP contribution >= 0.6 is 0 Å². The lowest BCUT2D eigenvalue weighted by molar-refractivity contribution is -0.150. The molecule has 0 bridgehead atoms. The van der Waals surface area contributed by atoms with Crippen LogP contribution in [0.25, 0.3) is 0 Å². The van der Waals surface area contributed by atoms with Gasteiger partial charge in [-0.15, -0.1) is 0 Å². The Morgan fingerprint density at radius 1 is 1.44 bits per heavy atom. The van der Waals surface area contributed by atoms with Gasteiger partial charge in [-0.2, -0.15) is 0 Å². The van der Waals surface area contributed by atoms with Gasteiger partial charge in [-0.1, -0.05) is 19.8 Å². The zero-order valence-corrected chi connectivity index (χ0v) is 12.0. The first-order valence-corrected chi connectivity index (χ1v) is 7.24. The summed E-state index contributed by atoms with van der Waals surface area (Å²) in [5, 5.41) is 0. The summed E-state index contributed by atoms with van der Waals surface area (Å²) in [5.74, 6) is 0.452. The second-order valence-corrected chi connectivity index (χ2v) is 5.22. The third kappa shape index (κ3) is 3.69. The van der Waals surface area contributed by atoms with E-state index in [1.165, 1.54) is 12.8 Å². The monoisotopic (exact) mass is 256 g/mol. The number of rotatable bonds is 7. The van der Waals surface area contributed by atoms with E-state index in [9.17, 15) is 4.79 Å². The topological polar surface area (TPSA) is 55.6 Å². The molecule has 3 unspecified atom stereocenters. The van der Waals surface area contributed by atoms with Gasteiger partial charge < -0.3 is 10.5 Å². The summed E-state index contributed by atoms with van der Waals surface area (Å²) >= 11 is 0. The third-order valence-electron chi connectivity index (χ3n) is 4.06. The minimum absolute atomic E-state index is 0.0791. The highest BCUT2D eigenvalue weighted by Crippen LogP contribution is 2.30. The Morgan fingerprint density at radius 2 is 2.17 bits per heavy atom. The van der Waals surface area contributed by atoms with Crippen LogP contribution in [0.4, 0.5) is 0 Å². The summed E-state index contributed by atoms with van der Waals surface area (Å²) in [6.07, 6.45) is 5.42. The van der Waals surface area contributed by atoms with Crippen LogP contribution < -0.4 is 5.73 Å². The van der Waals surface area contributed by atoms with Crippen LogP contribution in [-0.2, 0) is 9.53 Å². The van der Waals surface area contributed by atoms with E-state index in [2.05, 4.69) is 18.9 Å². The minimum Gasteiger partial charge on any atom is -0.465 e. The van der Waals surface area contributed by atoms with Crippen LogP contribution in [0, 0.1) is 5.92 Å². The van der Waals surface area contributed by atoms with Gasteiger partial charge in [-0.25, -0.2) is 0 Å². The first kappa shape index (κ1) is 15.4. The van der Waals surface area contributed by atoms with Crippen molar-refractivity contribution in [1.29, 1.82) is 0 Å². The smallest absolute Gasteiger partial charge is 0.323 e. The number of carbonyl (C=O) groups is 1. The van der Waals surface area contributed by atoms with Gasteiger partial charge in [0.2, 0.25) is 0 Å². The molecule has 1 aliphatic rings. The summed E-state index contributed by atoms with van der Waals surface area (Å²) < 4.78 is 5.19. The maximum Gasteiger partial charge on any atom is 0.323 e. The van der Waals surface area contributed by atoms with E-state index in [0.29, 0.717) is 18.6 Å². The summed E-state index contributed by atoms with van der Waals surface area (Å²) in [6.45, 7) is 5.14. The molecular formula is C14H28N2O2. The molecule has 18 heavy (non-hydrogen) atoms. The van der Waals surface area contributed by atoms with Gasteiger partial charge >= 0.3 is 5.97 Å². The number of nitrogens with two attached hydrogens (primary N) is 1. The lowest BCUT2D eigenvalue weighted by Gasteiger charge is -2.34. The van der Waals surface area contributed by atoms with Crippen molar-refractivity contribution in [2.24, 2.45) is 11.7 Å². The Hall–Kier alpha value is -0.610. The lowest BCUT2D eigenvalue weighted by Crippen LogP contribution is -2.48. The van der Waals surface area contributed by atoms with Crippen LogP contribution in [0.1, 0.15) is 46.0 Å². The van der Waals surface area contributed by atoms with E-state index < -0.39 is 0 Å². The normalized spacial score (nSPS) is 25.4. The highest BCUT2D eigenvalue weighted by atomic mass is 16.5. The first-order valence-electron chi connectivity index (χ1n) is 7.24. The van der Waals surface area contributed by atoms with Gasteiger partial charge in [0.25, 0.3) is 0 Å². The van der Waals surface area contributed by atoms with E-state index in [0.717, 1.165) is 25.8 Å². The van der Waals surface area contributed by atoms with Crippen molar-refractivity contribution in [3.05, 3.63) is 0 Å². The molecule has 106 valence electrons. The van der Waals surface area contributed by atoms with Gasteiger partial charge in [0, 0.05) is 6.04 Å². The van der Waals surface area contributed by atoms with Gasteiger partial charge in [-0.05, 0) is 45.7 Å². The molecule has 0 amide bonds. The van der Waals surface area contributed by atoms with Crippen molar-refractivity contribution in [2.75, 3.05) is 20.2 Å². The number of ether oxygens (including phenoxy) is 1. The number of likely N-dealkylation sites (N-methyl/N-ethyl adjacent to an activating group) is 1. The molecule has 0 aromatic heterocycles. The lowest BCUT2D eigenvalue weighted by atomic mass is 10.00. The quantitative estimate of drug-likeness (QED) is 0.705. The Bertz CT molecular complexity index is 258. The van der Waals surface area contributed by atoms with Crippen LogP contribution in [0.2, 0.25) is 0 Å². The van der Waals surface area contributed by atoms with Crippen molar-refractivity contribution < 1.29 is 9.53 Å². The highest BCUT2D eigenvalue weighted by molar-refractivity contribution is 5.75. The third-order valence-corrected chi connectivity index (χ3v) is 4.06. The molecule has 0 aliphatic heterocycles. The minimum atomic E-state index is -0.105. The molecule has 0 saturated heterocycles. The first-order chi connectivity index (χ1) is 8.65. The van der Waals surface area contributed by atoms with Crippen LogP contribution in [0.3, 0.4) is 0 Å². The number of hydrogen-bond donors (Lipinski definition) is 1. The molecule has 4 nitrogen and oxygen atoms in total. The summed E-state index contributed by atoms with van der Waals surface area (Å²) in [4.78, 5) is 14.2. The van der Waals surface area contributed by atoms with E-state index in [-0.39, 0.29) is 12.0 Å². The van der Waals surface area contributed by atoms with E-state index in [4.69, 9.17) is 10.5 Å². The molecule has 4 heteroatoms. The second kappa shape index (κ2) is 7.74. The summed E-state index contributed by atoms with van der Waals surface area (Å²) in [7, 11) is 2.05. The van der Waals surface area contributed by atoms with Gasteiger partial charge in [-0.3, -0.25) is 9.69 Å². The highest BCUT2D eigenvalue weighted by Gasteiger charge is 2.35. The fourth-order valence-corrected chi connectivity index (χ4v) is 3.06. The Kier molecular flexibility index (Phi) is 6.65. The van der Waals surface area contributed by atoms with Crippen molar-refractivity contribution in [2.45, 2.75) is 58.0 Å². The van der Waals surface area contributed by atoms with E-state index >= 15 is 0 Å². The van der Waals surface area contributed by atoms with Crippen molar-refractivity contribution in [3.63, 3.8) is 0 Å². The standard InChI is InChI=1S/C14H28N2O2/c1-4-7-13(14(17)18-5-2)16(3)12-9-6-8-11(12)10-15/h11-13H,4-10,15H2,1-3H3. The predicted octanol–water partition coefficient (Wildman–Crippen LogP) is 1.78. The van der Waals surface area contributed by atoms with Gasteiger partial charge in [0.1, 0.15) is 6.04 Å². The zero-order valence-electron chi connectivity index (χ0n) is 12.0. The number of esters is 1. The van der Waals surface area contributed by atoms with E-state index in [1.54, 1.807) is 0 Å². The summed E-state index contributed by atoms with van der Waals surface area (Å²) in [6, 6.07) is 0.336. The molecular weight excluding hydrogens is 228 g/mol. The number of carbonyl (C=O) groups excluding carboxylic acids is 1. The van der Waals surface area contributed by atoms with Gasteiger partial charge in [0.05, 0.1) is 6.61 Å². The average Bonchev–Trinajstić information content (AvgIpc) is 2.83. The Labute approximate surface area is 111 Å². The average molecular weight is 256 g/mol. The molecule has 0 heterocycles. The molecule has 0 aromatic carbocycles. The van der Waals surface area contributed by atoms with Crippen LogP contribution in [-0.4, -0.2) is 43.2 Å². The Morgan fingerprint density at radius 3 is 2.72 bits per heavy atom. The fourth-order valence-electron chi connectivity index (χ4n) is 3.06. The molecule has 1 saturated carbocycles. The molecule has 1 fully saturated rings. The molecule has 2 N–H and O–H groups in total. The van der Waals surface area contributed by atoms with Crippen LogP contribution in [0.5, 0.6) is 0 Å². The molecule has 3 atom stereocenters.